The molecule has 10 heteroatoms. The lowest BCUT2D eigenvalue weighted by atomic mass is 10.1. The van der Waals surface area contributed by atoms with Gasteiger partial charge in [0.1, 0.15) is 11.6 Å². The molecule has 156 valence electrons. The Morgan fingerprint density at radius 1 is 1.27 bits per heavy atom. The number of aromatic nitrogens is 1. The molecule has 0 radical (unpaired) electrons. The van der Waals surface area contributed by atoms with Gasteiger partial charge in [-0.1, -0.05) is 0 Å². The standard InChI is InChI=1S/C20H18FN3O4S2/c1-3-24-16-9-13(4-6-17(16)28-10-19(24)25)15-11-29-20(22-15)23-30(26,27)18-7-5-14(21)8-12(18)2/h4-9,11H,3,10H2,1-2H3,(H,22,23). The van der Waals surface area contributed by atoms with Crippen molar-refractivity contribution in [3.8, 4) is 17.0 Å². The quantitative estimate of drug-likeness (QED) is 0.643. The molecule has 1 aliphatic rings. The maximum Gasteiger partial charge on any atom is 0.265 e. The van der Waals surface area contributed by atoms with Gasteiger partial charge in [-0.2, -0.15) is 0 Å². The van der Waals surface area contributed by atoms with Gasteiger partial charge in [0, 0.05) is 17.5 Å². The number of carbonyl (C=O) groups is 1. The van der Waals surface area contributed by atoms with Crippen LogP contribution in [0.5, 0.6) is 5.75 Å². The third-order valence-electron chi connectivity index (χ3n) is 4.67. The first kappa shape index (κ1) is 20.3. The van der Waals surface area contributed by atoms with Crippen LogP contribution in [0.3, 0.4) is 0 Å². The zero-order valence-electron chi connectivity index (χ0n) is 16.2. The topological polar surface area (TPSA) is 88.6 Å². The molecule has 7 nitrogen and oxygen atoms in total. The molecule has 2 heterocycles. The summed E-state index contributed by atoms with van der Waals surface area (Å²) in [5.74, 6) is -0.00864. The minimum absolute atomic E-state index is 0.00557. The molecule has 0 spiro atoms. The number of ether oxygens (including phenoxy) is 1. The number of nitrogens with one attached hydrogen (secondary N) is 1. The van der Waals surface area contributed by atoms with E-state index in [0.717, 1.165) is 29.0 Å². The van der Waals surface area contributed by atoms with Gasteiger partial charge in [0.25, 0.3) is 15.9 Å². The third kappa shape index (κ3) is 3.75. The second kappa shape index (κ2) is 7.69. The number of benzene rings is 2. The molecule has 1 aromatic heterocycles. The van der Waals surface area contributed by atoms with Crippen molar-refractivity contribution >= 4 is 38.1 Å². The molecule has 0 saturated carbocycles. The van der Waals surface area contributed by atoms with Crippen LogP contribution in [0.2, 0.25) is 0 Å². The van der Waals surface area contributed by atoms with Crippen molar-refractivity contribution in [2.75, 3.05) is 22.8 Å². The number of likely N-dealkylation sites (N-methyl/N-ethyl adjacent to an activating group) is 1. The van der Waals surface area contributed by atoms with E-state index in [0.29, 0.717) is 29.2 Å². The zero-order valence-corrected chi connectivity index (χ0v) is 17.8. The highest BCUT2D eigenvalue weighted by molar-refractivity contribution is 7.93. The van der Waals surface area contributed by atoms with E-state index < -0.39 is 15.8 Å². The third-order valence-corrected chi connectivity index (χ3v) is 7.05. The lowest BCUT2D eigenvalue weighted by Gasteiger charge is -2.28. The van der Waals surface area contributed by atoms with Crippen molar-refractivity contribution in [2.24, 2.45) is 0 Å². The predicted molar refractivity (Wildman–Crippen MR) is 113 cm³/mol. The fourth-order valence-electron chi connectivity index (χ4n) is 3.25. The fourth-order valence-corrected chi connectivity index (χ4v) is 5.45. The van der Waals surface area contributed by atoms with Crippen molar-refractivity contribution in [3.63, 3.8) is 0 Å². The van der Waals surface area contributed by atoms with Crippen LogP contribution in [0.4, 0.5) is 15.2 Å². The molecule has 0 unspecified atom stereocenters. The second-order valence-corrected chi connectivity index (χ2v) is 9.17. The summed E-state index contributed by atoms with van der Waals surface area (Å²) in [5, 5.41) is 1.91. The van der Waals surface area contributed by atoms with E-state index in [1.54, 1.807) is 28.5 Å². The summed E-state index contributed by atoms with van der Waals surface area (Å²) >= 11 is 1.13. The number of rotatable bonds is 5. The monoisotopic (exact) mass is 447 g/mol. The van der Waals surface area contributed by atoms with Gasteiger partial charge in [-0.15, -0.1) is 11.3 Å². The SMILES string of the molecule is CCN1C(=O)COc2ccc(-c3csc(NS(=O)(=O)c4ccc(F)cc4C)n3)cc21. The minimum atomic E-state index is -3.91. The Bertz CT molecular complexity index is 1240. The van der Waals surface area contributed by atoms with Crippen molar-refractivity contribution in [3.05, 3.63) is 53.2 Å². The largest absolute Gasteiger partial charge is 0.482 e. The first-order valence-electron chi connectivity index (χ1n) is 9.10. The maximum absolute atomic E-state index is 13.3. The van der Waals surface area contributed by atoms with E-state index >= 15 is 0 Å². The Labute approximate surface area is 177 Å². The highest BCUT2D eigenvalue weighted by Gasteiger charge is 2.25. The van der Waals surface area contributed by atoms with Crippen LogP contribution in [0, 0.1) is 12.7 Å². The summed E-state index contributed by atoms with van der Waals surface area (Å²) in [7, 11) is -3.91. The normalized spacial score (nSPS) is 13.7. The smallest absolute Gasteiger partial charge is 0.265 e. The Hall–Kier alpha value is -2.98. The molecule has 1 aliphatic heterocycles. The molecular weight excluding hydrogens is 429 g/mol. The Morgan fingerprint density at radius 3 is 2.80 bits per heavy atom. The molecular formula is C20H18FN3O4S2. The van der Waals surface area contributed by atoms with Crippen molar-refractivity contribution in [1.29, 1.82) is 0 Å². The number of thiazole rings is 1. The maximum atomic E-state index is 13.3. The molecule has 1 amide bonds. The number of hydrogen-bond donors (Lipinski definition) is 1. The molecule has 0 saturated heterocycles. The van der Waals surface area contributed by atoms with E-state index in [4.69, 9.17) is 4.74 Å². The van der Waals surface area contributed by atoms with E-state index in [1.165, 1.54) is 13.0 Å². The average Bonchev–Trinajstić information content (AvgIpc) is 3.15. The first-order valence-corrected chi connectivity index (χ1v) is 11.5. The molecule has 30 heavy (non-hydrogen) atoms. The Kier molecular flexibility index (Phi) is 5.20. The number of hydrogen-bond acceptors (Lipinski definition) is 6. The van der Waals surface area contributed by atoms with Crippen LogP contribution in [0.1, 0.15) is 12.5 Å². The summed E-state index contributed by atoms with van der Waals surface area (Å²) in [6.45, 7) is 3.93. The lowest BCUT2D eigenvalue weighted by Crippen LogP contribution is -2.38. The van der Waals surface area contributed by atoms with Crippen LogP contribution in [-0.2, 0) is 14.8 Å². The van der Waals surface area contributed by atoms with Gasteiger partial charge in [0.05, 0.1) is 16.3 Å². The van der Waals surface area contributed by atoms with Crippen LogP contribution in [0.25, 0.3) is 11.3 Å². The minimum Gasteiger partial charge on any atom is -0.482 e. The highest BCUT2D eigenvalue weighted by atomic mass is 32.2. The summed E-state index contributed by atoms with van der Waals surface area (Å²) < 4.78 is 46.5. The highest BCUT2D eigenvalue weighted by Crippen LogP contribution is 2.37. The van der Waals surface area contributed by atoms with Gasteiger partial charge >= 0.3 is 0 Å². The molecule has 3 aromatic rings. The van der Waals surface area contributed by atoms with E-state index in [9.17, 15) is 17.6 Å². The van der Waals surface area contributed by atoms with Crippen molar-refractivity contribution in [1.82, 2.24) is 4.98 Å². The van der Waals surface area contributed by atoms with Crippen molar-refractivity contribution < 1.29 is 22.3 Å². The van der Waals surface area contributed by atoms with Gasteiger partial charge < -0.3 is 9.64 Å². The number of nitrogens with zero attached hydrogens (tertiary/aromatic N) is 2. The Morgan fingerprint density at radius 2 is 2.07 bits per heavy atom. The Balaban J connectivity index is 1.62. The molecule has 1 N–H and O–H groups in total. The van der Waals surface area contributed by atoms with Gasteiger partial charge in [-0.3, -0.25) is 9.52 Å². The molecule has 0 bridgehead atoms. The zero-order chi connectivity index (χ0) is 21.5. The summed E-state index contributed by atoms with van der Waals surface area (Å²) in [6.07, 6.45) is 0. The van der Waals surface area contributed by atoms with Gasteiger partial charge in [0.2, 0.25) is 0 Å². The number of anilines is 2. The summed E-state index contributed by atoms with van der Waals surface area (Å²) in [6, 6.07) is 8.86. The molecule has 0 fully saturated rings. The van der Waals surface area contributed by atoms with Gasteiger partial charge in [-0.25, -0.2) is 17.8 Å². The summed E-state index contributed by atoms with van der Waals surface area (Å²) in [5.41, 5.74) is 2.25. The van der Waals surface area contributed by atoms with Crippen molar-refractivity contribution in [2.45, 2.75) is 18.7 Å². The molecule has 2 aromatic carbocycles. The van der Waals surface area contributed by atoms with E-state index in [-0.39, 0.29) is 22.5 Å². The van der Waals surface area contributed by atoms with Crippen LogP contribution in [-0.4, -0.2) is 32.5 Å². The van der Waals surface area contributed by atoms with Crippen LogP contribution in [0.15, 0.2) is 46.7 Å². The number of aryl methyl sites for hydroxylation is 1. The van der Waals surface area contributed by atoms with Crippen LogP contribution < -0.4 is 14.4 Å². The second-order valence-electron chi connectivity index (χ2n) is 6.66. The average molecular weight is 448 g/mol. The fraction of sp³-hybridized carbons (Fsp3) is 0.200. The number of halogens is 1. The lowest BCUT2D eigenvalue weighted by molar-refractivity contribution is -0.121. The van der Waals surface area contributed by atoms with Gasteiger partial charge in [-0.05, 0) is 55.8 Å². The van der Waals surface area contributed by atoms with Crippen LogP contribution >= 0.6 is 11.3 Å². The molecule has 4 rings (SSSR count). The van der Waals surface area contributed by atoms with E-state index in [1.807, 2.05) is 6.92 Å². The number of amides is 1. The predicted octanol–water partition coefficient (Wildman–Crippen LogP) is 3.80. The molecule has 0 atom stereocenters. The number of carbonyl (C=O) groups excluding carboxylic acids is 1. The summed E-state index contributed by atoms with van der Waals surface area (Å²) in [4.78, 5) is 18.1. The number of fused-ring (bicyclic) bond motifs is 1. The molecule has 0 aliphatic carbocycles. The van der Waals surface area contributed by atoms with Gasteiger partial charge in [0.15, 0.2) is 11.7 Å². The van der Waals surface area contributed by atoms with E-state index in [2.05, 4.69) is 9.71 Å². The number of sulfonamides is 1. The first-order chi connectivity index (χ1) is 14.3.